The first kappa shape index (κ1) is 13.1. The maximum absolute atomic E-state index is 11.1. The molecule has 0 aliphatic carbocycles. The minimum Gasteiger partial charge on any atom is -0.455 e. The Bertz CT molecular complexity index is 336. The molecule has 0 aliphatic heterocycles. The molecule has 1 heterocycles. The van der Waals surface area contributed by atoms with Crippen LogP contribution in [0.15, 0.2) is 16.5 Å². The number of nitrogen functional groups attached to an aromatic ring is 1. The van der Waals surface area contributed by atoms with Crippen LogP contribution in [0.5, 0.6) is 0 Å². The molecule has 0 unspecified atom stereocenters. The van der Waals surface area contributed by atoms with Gasteiger partial charge in [0, 0.05) is 0 Å². The van der Waals surface area contributed by atoms with Crippen molar-refractivity contribution < 1.29 is 9.21 Å². The van der Waals surface area contributed by atoms with E-state index in [4.69, 9.17) is 10.3 Å². The fraction of sp³-hybridized carbons (Fsp3) is 0.545. The van der Waals surface area contributed by atoms with E-state index in [0.29, 0.717) is 0 Å². The standard InChI is InChI=1S/C11H18N2O2S/c1-8(2)5-6-16-7-9-3-4-10(15-9)11(14)13-12/h3-4,8H,5-7,12H2,1-2H3,(H,13,14). The quantitative estimate of drug-likeness (QED) is 0.347. The molecule has 0 saturated carbocycles. The van der Waals surface area contributed by atoms with Gasteiger partial charge in [0.25, 0.3) is 0 Å². The van der Waals surface area contributed by atoms with Crippen LogP contribution in [-0.4, -0.2) is 11.7 Å². The second kappa shape index (κ2) is 6.60. The van der Waals surface area contributed by atoms with E-state index < -0.39 is 5.91 Å². The van der Waals surface area contributed by atoms with E-state index in [1.54, 1.807) is 6.07 Å². The van der Waals surface area contributed by atoms with Crippen molar-refractivity contribution in [3.63, 3.8) is 0 Å². The van der Waals surface area contributed by atoms with Crippen molar-refractivity contribution in [1.82, 2.24) is 5.43 Å². The third kappa shape index (κ3) is 4.28. The van der Waals surface area contributed by atoms with Crippen LogP contribution in [0, 0.1) is 5.92 Å². The van der Waals surface area contributed by atoms with Gasteiger partial charge in [-0.05, 0) is 30.2 Å². The third-order valence-corrected chi connectivity index (χ3v) is 3.11. The Morgan fingerprint density at radius 3 is 2.94 bits per heavy atom. The zero-order chi connectivity index (χ0) is 12.0. The summed E-state index contributed by atoms with van der Waals surface area (Å²) in [4.78, 5) is 11.1. The number of hydrogen-bond acceptors (Lipinski definition) is 4. The van der Waals surface area contributed by atoms with Gasteiger partial charge in [0.2, 0.25) is 0 Å². The van der Waals surface area contributed by atoms with Gasteiger partial charge in [-0.15, -0.1) is 0 Å². The fourth-order valence-electron chi connectivity index (χ4n) is 1.14. The molecule has 0 radical (unpaired) electrons. The topological polar surface area (TPSA) is 68.3 Å². The smallest absolute Gasteiger partial charge is 0.300 e. The summed E-state index contributed by atoms with van der Waals surface area (Å²) >= 11 is 1.81. The Labute approximate surface area is 99.9 Å². The van der Waals surface area contributed by atoms with Gasteiger partial charge < -0.3 is 4.42 Å². The molecule has 0 spiro atoms. The predicted molar refractivity (Wildman–Crippen MR) is 66.0 cm³/mol. The molecule has 0 atom stereocenters. The molecule has 3 N–H and O–H groups in total. The average Bonchev–Trinajstić information content (AvgIpc) is 2.71. The normalized spacial score (nSPS) is 10.8. The van der Waals surface area contributed by atoms with Crippen molar-refractivity contribution >= 4 is 17.7 Å². The number of hydrogen-bond donors (Lipinski definition) is 2. The van der Waals surface area contributed by atoms with Crippen molar-refractivity contribution in [2.24, 2.45) is 11.8 Å². The molecule has 0 bridgehead atoms. The molecule has 4 nitrogen and oxygen atoms in total. The molecule has 1 rings (SSSR count). The van der Waals surface area contributed by atoms with E-state index >= 15 is 0 Å². The number of furan rings is 1. The van der Waals surface area contributed by atoms with Crippen LogP contribution in [0.1, 0.15) is 36.6 Å². The summed E-state index contributed by atoms with van der Waals surface area (Å²) < 4.78 is 5.33. The molecule has 5 heteroatoms. The highest BCUT2D eigenvalue weighted by Gasteiger charge is 2.09. The number of nitrogens with two attached hydrogens (primary N) is 1. The molecule has 1 amide bonds. The zero-order valence-corrected chi connectivity index (χ0v) is 10.5. The van der Waals surface area contributed by atoms with E-state index in [0.717, 1.165) is 23.2 Å². The van der Waals surface area contributed by atoms with Crippen LogP contribution in [-0.2, 0) is 5.75 Å². The van der Waals surface area contributed by atoms with Gasteiger partial charge in [0.1, 0.15) is 5.76 Å². The number of amides is 1. The number of rotatable bonds is 6. The van der Waals surface area contributed by atoms with E-state index in [2.05, 4.69) is 13.8 Å². The number of nitrogens with one attached hydrogen (secondary N) is 1. The van der Waals surface area contributed by atoms with Crippen LogP contribution in [0.4, 0.5) is 0 Å². The first-order chi connectivity index (χ1) is 7.63. The lowest BCUT2D eigenvalue weighted by Crippen LogP contribution is -2.29. The molecular formula is C11H18N2O2S. The largest absolute Gasteiger partial charge is 0.455 e. The summed E-state index contributed by atoms with van der Waals surface area (Å²) in [6.45, 7) is 4.41. The van der Waals surface area contributed by atoms with Crippen molar-refractivity contribution in [2.75, 3.05) is 5.75 Å². The van der Waals surface area contributed by atoms with E-state index in [1.807, 2.05) is 23.3 Å². The van der Waals surface area contributed by atoms with Crippen LogP contribution < -0.4 is 11.3 Å². The van der Waals surface area contributed by atoms with Crippen molar-refractivity contribution in [2.45, 2.75) is 26.0 Å². The zero-order valence-electron chi connectivity index (χ0n) is 9.66. The molecular weight excluding hydrogens is 224 g/mol. The first-order valence-electron chi connectivity index (χ1n) is 5.31. The summed E-state index contributed by atoms with van der Waals surface area (Å²) in [5.41, 5.74) is 2.04. The molecule has 16 heavy (non-hydrogen) atoms. The summed E-state index contributed by atoms with van der Waals surface area (Å²) in [5.74, 6) is 8.32. The maximum Gasteiger partial charge on any atom is 0.300 e. The molecule has 0 fully saturated rings. The van der Waals surface area contributed by atoms with Gasteiger partial charge in [-0.1, -0.05) is 13.8 Å². The minimum atomic E-state index is -0.390. The first-order valence-corrected chi connectivity index (χ1v) is 6.46. The molecule has 90 valence electrons. The summed E-state index contributed by atoms with van der Waals surface area (Å²) in [6.07, 6.45) is 1.20. The van der Waals surface area contributed by atoms with Crippen molar-refractivity contribution in [3.05, 3.63) is 23.7 Å². The second-order valence-electron chi connectivity index (χ2n) is 3.97. The third-order valence-electron chi connectivity index (χ3n) is 2.10. The highest BCUT2D eigenvalue weighted by molar-refractivity contribution is 7.98. The molecule has 0 saturated heterocycles. The van der Waals surface area contributed by atoms with Crippen molar-refractivity contribution in [3.8, 4) is 0 Å². The fourth-order valence-corrected chi connectivity index (χ4v) is 2.28. The summed E-state index contributed by atoms with van der Waals surface area (Å²) in [5, 5.41) is 0. The summed E-state index contributed by atoms with van der Waals surface area (Å²) in [6, 6.07) is 3.45. The van der Waals surface area contributed by atoms with Crippen LogP contribution in [0.25, 0.3) is 0 Å². The SMILES string of the molecule is CC(C)CCSCc1ccc(C(=O)NN)o1. The van der Waals surface area contributed by atoms with Crippen LogP contribution in [0.3, 0.4) is 0 Å². The van der Waals surface area contributed by atoms with Gasteiger partial charge in [-0.25, -0.2) is 5.84 Å². The molecule has 1 aromatic heterocycles. The lowest BCUT2D eigenvalue weighted by atomic mass is 10.2. The van der Waals surface area contributed by atoms with Gasteiger partial charge in [-0.3, -0.25) is 10.2 Å². The number of carbonyl (C=O) groups excluding carboxylic acids is 1. The Morgan fingerprint density at radius 2 is 2.31 bits per heavy atom. The van der Waals surface area contributed by atoms with Gasteiger partial charge in [0.05, 0.1) is 5.75 Å². The number of thioether (sulfide) groups is 1. The van der Waals surface area contributed by atoms with E-state index in [9.17, 15) is 4.79 Å². The van der Waals surface area contributed by atoms with Crippen molar-refractivity contribution in [1.29, 1.82) is 0 Å². The predicted octanol–water partition coefficient (Wildman–Crippen LogP) is 2.16. The van der Waals surface area contributed by atoms with E-state index in [1.165, 1.54) is 6.42 Å². The Balaban J connectivity index is 2.32. The average molecular weight is 242 g/mol. The van der Waals surface area contributed by atoms with Gasteiger partial charge in [0.15, 0.2) is 5.76 Å². The second-order valence-corrected chi connectivity index (χ2v) is 5.08. The molecule has 1 aromatic rings. The maximum atomic E-state index is 11.1. The summed E-state index contributed by atoms with van der Waals surface area (Å²) in [7, 11) is 0. The lowest BCUT2D eigenvalue weighted by molar-refractivity contribution is 0.0924. The Hall–Kier alpha value is -0.940. The highest BCUT2D eigenvalue weighted by atomic mass is 32.2. The molecule has 0 aromatic carbocycles. The van der Waals surface area contributed by atoms with Crippen LogP contribution in [0.2, 0.25) is 0 Å². The highest BCUT2D eigenvalue weighted by Crippen LogP contribution is 2.17. The van der Waals surface area contributed by atoms with Gasteiger partial charge >= 0.3 is 5.91 Å². The monoisotopic (exact) mass is 242 g/mol. The molecule has 0 aliphatic rings. The minimum absolute atomic E-state index is 0.266. The van der Waals surface area contributed by atoms with E-state index in [-0.39, 0.29) is 5.76 Å². The number of hydrazine groups is 1. The number of carbonyl (C=O) groups is 1. The Kier molecular flexibility index (Phi) is 5.42. The Morgan fingerprint density at radius 1 is 1.56 bits per heavy atom. The van der Waals surface area contributed by atoms with Crippen LogP contribution >= 0.6 is 11.8 Å². The lowest BCUT2D eigenvalue weighted by Gasteiger charge is -2.02. The van der Waals surface area contributed by atoms with Gasteiger partial charge in [-0.2, -0.15) is 11.8 Å².